The molecule has 0 aromatic carbocycles. The molecule has 6 heteroatoms. The summed E-state index contributed by atoms with van der Waals surface area (Å²) in [7, 11) is 0. The van der Waals surface area contributed by atoms with Crippen molar-refractivity contribution in [3.8, 4) is 0 Å². The third-order valence-corrected chi connectivity index (χ3v) is 2.98. The summed E-state index contributed by atoms with van der Waals surface area (Å²) < 4.78 is 5.29. The second kappa shape index (κ2) is 8.12. The monoisotopic (exact) mass is 273 g/mol. The number of amides is 1. The highest BCUT2D eigenvalue weighted by atomic mass is 16.8. The van der Waals surface area contributed by atoms with Crippen LogP contribution in [0.15, 0.2) is 0 Å². The van der Waals surface area contributed by atoms with Gasteiger partial charge in [0.2, 0.25) is 5.91 Å². The molecule has 1 fully saturated rings. The molecule has 2 N–H and O–H groups in total. The number of ether oxygens (including phenoxy) is 1. The summed E-state index contributed by atoms with van der Waals surface area (Å²) in [6.45, 7) is 4.49. The van der Waals surface area contributed by atoms with Gasteiger partial charge in [-0.1, -0.05) is 13.8 Å². The van der Waals surface area contributed by atoms with Gasteiger partial charge >= 0.3 is 5.97 Å². The molecule has 0 saturated carbocycles. The third kappa shape index (κ3) is 6.54. The lowest BCUT2D eigenvalue weighted by molar-refractivity contribution is -0.201. The highest BCUT2D eigenvalue weighted by Gasteiger charge is 2.23. The van der Waals surface area contributed by atoms with Crippen molar-refractivity contribution < 1.29 is 24.3 Å². The minimum absolute atomic E-state index is 0.0692. The van der Waals surface area contributed by atoms with E-state index in [1.165, 1.54) is 0 Å². The van der Waals surface area contributed by atoms with Crippen LogP contribution < -0.4 is 5.48 Å². The van der Waals surface area contributed by atoms with Crippen molar-refractivity contribution in [2.45, 2.75) is 52.2 Å². The molecular formula is C13H23NO5. The van der Waals surface area contributed by atoms with Crippen LogP contribution >= 0.6 is 0 Å². The second-order valence-corrected chi connectivity index (χ2v) is 5.31. The maximum atomic E-state index is 11.6. The van der Waals surface area contributed by atoms with Crippen molar-refractivity contribution in [2.75, 3.05) is 6.61 Å². The lowest BCUT2D eigenvalue weighted by Crippen LogP contribution is -2.35. The fourth-order valence-corrected chi connectivity index (χ4v) is 2.04. The summed E-state index contributed by atoms with van der Waals surface area (Å²) in [5.41, 5.74) is 2.28. The highest BCUT2D eigenvalue weighted by molar-refractivity contribution is 5.81. The number of hydrogen-bond acceptors (Lipinski definition) is 4. The molecule has 1 aliphatic heterocycles. The molecular weight excluding hydrogens is 250 g/mol. The van der Waals surface area contributed by atoms with Crippen LogP contribution in [0.4, 0.5) is 0 Å². The van der Waals surface area contributed by atoms with E-state index in [0.29, 0.717) is 13.0 Å². The Morgan fingerprint density at radius 2 is 2.16 bits per heavy atom. The molecule has 1 heterocycles. The van der Waals surface area contributed by atoms with Gasteiger partial charge in [0.1, 0.15) is 0 Å². The first-order valence-corrected chi connectivity index (χ1v) is 6.78. The van der Waals surface area contributed by atoms with Crippen LogP contribution in [0.2, 0.25) is 0 Å². The van der Waals surface area contributed by atoms with Gasteiger partial charge in [0.15, 0.2) is 6.29 Å². The Kier molecular flexibility index (Phi) is 6.80. The fourth-order valence-electron chi connectivity index (χ4n) is 2.04. The zero-order valence-corrected chi connectivity index (χ0v) is 11.6. The number of carboxylic acid groups (broad SMARTS) is 1. The molecule has 0 aliphatic carbocycles. The molecule has 0 bridgehead atoms. The minimum atomic E-state index is -0.947. The topological polar surface area (TPSA) is 84.9 Å². The summed E-state index contributed by atoms with van der Waals surface area (Å²) in [5, 5.41) is 9.04. The molecule has 1 saturated heterocycles. The third-order valence-electron chi connectivity index (χ3n) is 2.98. The minimum Gasteiger partial charge on any atom is -0.481 e. The first kappa shape index (κ1) is 15.9. The van der Waals surface area contributed by atoms with Gasteiger partial charge in [0.25, 0.3) is 0 Å². The number of nitrogens with one attached hydrogen (secondary N) is 1. The number of aliphatic carboxylic acids is 1. The fraction of sp³-hybridized carbons (Fsp3) is 0.846. The van der Waals surface area contributed by atoms with Crippen molar-refractivity contribution in [3.05, 3.63) is 0 Å². The second-order valence-electron chi connectivity index (χ2n) is 5.31. The summed E-state index contributed by atoms with van der Waals surface area (Å²) in [6.07, 6.45) is 2.75. The van der Waals surface area contributed by atoms with Crippen molar-refractivity contribution in [1.29, 1.82) is 0 Å². The Labute approximate surface area is 113 Å². The zero-order valence-electron chi connectivity index (χ0n) is 11.6. The van der Waals surface area contributed by atoms with Crippen molar-refractivity contribution in [2.24, 2.45) is 11.8 Å². The van der Waals surface area contributed by atoms with Crippen molar-refractivity contribution >= 4 is 11.9 Å². The normalized spacial score (nSPS) is 21.1. The maximum Gasteiger partial charge on any atom is 0.307 e. The molecule has 6 nitrogen and oxygen atoms in total. The highest BCUT2D eigenvalue weighted by Crippen LogP contribution is 2.16. The van der Waals surface area contributed by atoms with Gasteiger partial charge < -0.3 is 9.84 Å². The van der Waals surface area contributed by atoms with E-state index in [9.17, 15) is 9.59 Å². The van der Waals surface area contributed by atoms with Crippen LogP contribution in [0.5, 0.6) is 0 Å². The van der Waals surface area contributed by atoms with Crippen LogP contribution in [0.3, 0.4) is 0 Å². The Bertz CT molecular complexity index is 299. The maximum absolute atomic E-state index is 11.6. The average molecular weight is 273 g/mol. The Morgan fingerprint density at radius 1 is 1.42 bits per heavy atom. The smallest absolute Gasteiger partial charge is 0.307 e. The Balaban J connectivity index is 2.29. The van der Waals surface area contributed by atoms with E-state index < -0.39 is 24.1 Å². The van der Waals surface area contributed by atoms with Gasteiger partial charge in [-0.25, -0.2) is 10.3 Å². The molecule has 2 atom stereocenters. The lowest BCUT2D eigenvalue weighted by atomic mass is 9.94. The average Bonchev–Trinajstić information content (AvgIpc) is 2.36. The summed E-state index contributed by atoms with van der Waals surface area (Å²) in [4.78, 5) is 27.8. The molecule has 1 rings (SSSR count). The predicted molar refractivity (Wildman–Crippen MR) is 68.0 cm³/mol. The van der Waals surface area contributed by atoms with Gasteiger partial charge in [-0.3, -0.25) is 9.59 Å². The van der Waals surface area contributed by atoms with Crippen molar-refractivity contribution in [3.63, 3.8) is 0 Å². The lowest BCUT2D eigenvalue weighted by Gasteiger charge is -2.22. The van der Waals surface area contributed by atoms with E-state index in [1.54, 1.807) is 0 Å². The Hall–Kier alpha value is -1.14. The van der Waals surface area contributed by atoms with E-state index in [0.717, 1.165) is 19.3 Å². The molecule has 1 unspecified atom stereocenters. The first-order chi connectivity index (χ1) is 8.99. The first-order valence-electron chi connectivity index (χ1n) is 6.78. The summed E-state index contributed by atoms with van der Waals surface area (Å²) >= 11 is 0. The van der Waals surface area contributed by atoms with Crippen LogP contribution in [-0.2, 0) is 19.2 Å². The van der Waals surface area contributed by atoms with Crippen LogP contribution in [0, 0.1) is 11.8 Å². The van der Waals surface area contributed by atoms with Gasteiger partial charge in [0.05, 0.1) is 5.92 Å². The van der Waals surface area contributed by atoms with E-state index >= 15 is 0 Å². The molecule has 0 aromatic heterocycles. The number of hydroxylamine groups is 1. The standard InChI is InChI=1S/C13H23NO5/c1-9(2)7-10(13(16)17)8-11(15)14-19-12-5-3-4-6-18-12/h9-10,12H,3-8H2,1-2H3,(H,14,15)(H,16,17)/t10-,12?/m1/s1. The zero-order chi connectivity index (χ0) is 14.3. The van der Waals surface area contributed by atoms with Crippen LogP contribution in [0.25, 0.3) is 0 Å². The molecule has 0 radical (unpaired) electrons. The molecule has 1 aliphatic rings. The van der Waals surface area contributed by atoms with E-state index in [4.69, 9.17) is 14.7 Å². The van der Waals surface area contributed by atoms with Gasteiger partial charge in [-0.05, 0) is 25.2 Å². The summed E-state index contributed by atoms with van der Waals surface area (Å²) in [5.74, 6) is -1.80. The molecule has 19 heavy (non-hydrogen) atoms. The van der Waals surface area contributed by atoms with E-state index in [-0.39, 0.29) is 12.3 Å². The van der Waals surface area contributed by atoms with Crippen LogP contribution in [-0.4, -0.2) is 29.9 Å². The number of carbonyl (C=O) groups excluding carboxylic acids is 1. The summed E-state index contributed by atoms with van der Waals surface area (Å²) in [6, 6.07) is 0. The van der Waals surface area contributed by atoms with Gasteiger partial charge in [0, 0.05) is 19.4 Å². The Morgan fingerprint density at radius 3 is 2.68 bits per heavy atom. The SMILES string of the molecule is CC(C)C[C@H](CC(=O)NOC1CCCCO1)C(=O)O. The van der Waals surface area contributed by atoms with Crippen LogP contribution in [0.1, 0.15) is 46.0 Å². The molecule has 110 valence electrons. The number of hydrogen-bond donors (Lipinski definition) is 2. The van der Waals surface area contributed by atoms with Gasteiger partial charge in [-0.2, -0.15) is 0 Å². The van der Waals surface area contributed by atoms with Gasteiger partial charge in [-0.15, -0.1) is 0 Å². The molecule has 0 aromatic rings. The molecule has 0 spiro atoms. The van der Waals surface area contributed by atoms with E-state index in [2.05, 4.69) is 5.48 Å². The van der Waals surface area contributed by atoms with Crippen molar-refractivity contribution in [1.82, 2.24) is 5.48 Å². The molecule has 1 amide bonds. The number of rotatable bonds is 7. The predicted octanol–water partition coefficient (Wildman–Crippen LogP) is 1.70. The quantitative estimate of drug-likeness (QED) is 0.690. The largest absolute Gasteiger partial charge is 0.481 e. The van der Waals surface area contributed by atoms with E-state index in [1.807, 2.05) is 13.8 Å². The number of carboxylic acids is 1. The number of carbonyl (C=O) groups is 2.